The van der Waals surface area contributed by atoms with Gasteiger partial charge in [-0.05, 0) is 56.5 Å². The Balaban J connectivity index is 1.52. The molecule has 4 rings (SSSR count). The van der Waals surface area contributed by atoms with Crippen LogP contribution in [0.15, 0.2) is 57.8 Å². The molecule has 0 bridgehead atoms. The van der Waals surface area contributed by atoms with Crippen LogP contribution in [0.2, 0.25) is 0 Å². The largest absolute Gasteiger partial charge is 0.449 e. The van der Waals surface area contributed by atoms with E-state index in [4.69, 9.17) is 9.15 Å². The lowest BCUT2D eigenvalue weighted by Crippen LogP contribution is -2.35. The molecule has 8 nitrogen and oxygen atoms in total. The number of aromatic nitrogens is 2. The van der Waals surface area contributed by atoms with E-state index in [9.17, 15) is 13.2 Å². The molecule has 0 amide bonds. The van der Waals surface area contributed by atoms with E-state index in [0.717, 1.165) is 24.8 Å². The molecule has 3 aromatic rings. The van der Waals surface area contributed by atoms with Gasteiger partial charge in [0.25, 0.3) is 5.89 Å². The standard InChI is InChI=1S/C23H25N3O5S/c1-16-11-12-19(32(28,29)26-13-7-4-8-14-26)15-20(16)23(27)30-17(2)21-24-25-22(31-21)18-9-5-3-6-10-18/h3,5-6,9-12,15,17H,4,7-8,13-14H2,1-2H3. The lowest BCUT2D eigenvalue weighted by Gasteiger charge is -2.26. The van der Waals surface area contributed by atoms with Crippen molar-refractivity contribution in [2.75, 3.05) is 13.1 Å². The van der Waals surface area contributed by atoms with Crippen LogP contribution in [0.1, 0.15) is 54.1 Å². The smallest absolute Gasteiger partial charge is 0.339 e. The fourth-order valence-electron chi connectivity index (χ4n) is 3.61. The summed E-state index contributed by atoms with van der Waals surface area (Å²) in [5.41, 5.74) is 1.57. The summed E-state index contributed by atoms with van der Waals surface area (Å²) in [6, 6.07) is 13.8. The first kappa shape index (κ1) is 22.2. The number of esters is 1. The minimum atomic E-state index is -3.66. The van der Waals surface area contributed by atoms with Gasteiger partial charge in [-0.2, -0.15) is 4.31 Å². The third-order valence-electron chi connectivity index (χ3n) is 5.47. The molecule has 1 unspecified atom stereocenters. The van der Waals surface area contributed by atoms with Gasteiger partial charge in [0.1, 0.15) is 0 Å². The summed E-state index contributed by atoms with van der Waals surface area (Å²) < 4.78 is 38.6. The fourth-order valence-corrected chi connectivity index (χ4v) is 5.15. The van der Waals surface area contributed by atoms with Crippen LogP contribution in [0, 0.1) is 6.92 Å². The number of nitrogens with zero attached hydrogens (tertiary/aromatic N) is 3. The Morgan fingerprint density at radius 1 is 1.06 bits per heavy atom. The first-order chi connectivity index (χ1) is 15.4. The number of sulfonamides is 1. The second kappa shape index (κ2) is 9.22. The maximum absolute atomic E-state index is 13.0. The molecule has 2 heterocycles. The zero-order valence-electron chi connectivity index (χ0n) is 18.0. The Kier molecular flexibility index (Phi) is 6.38. The number of hydrogen-bond acceptors (Lipinski definition) is 7. The highest BCUT2D eigenvalue weighted by Gasteiger charge is 2.28. The SMILES string of the molecule is Cc1ccc(S(=O)(=O)N2CCCCC2)cc1C(=O)OC(C)c1nnc(-c2ccccc2)o1. The minimum Gasteiger partial charge on any atom is -0.449 e. The molecule has 0 radical (unpaired) electrons. The van der Waals surface area contributed by atoms with Gasteiger partial charge >= 0.3 is 5.97 Å². The second-order valence-corrected chi connectivity index (χ2v) is 9.74. The second-order valence-electron chi connectivity index (χ2n) is 7.80. The number of aryl methyl sites for hydroxylation is 1. The van der Waals surface area contributed by atoms with E-state index in [1.807, 2.05) is 30.3 Å². The molecular weight excluding hydrogens is 430 g/mol. The van der Waals surface area contributed by atoms with Gasteiger partial charge in [0.05, 0.1) is 10.5 Å². The van der Waals surface area contributed by atoms with E-state index >= 15 is 0 Å². The van der Waals surface area contributed by atoms with Gasteiger partial charge in [-0.3, -0.25) is 0 Å². The third kappa shape index (κ3) is 4.58. The maximum Gasteiger partial charge on any atom is 0.339 e. The van der Waals surface area contributed by atoms with Gasteiger partial charge in [0.2, 0.25) is 15.9 Å². The summed E-state index contributed by atoms with van der Waals surface area (Å²) in [5, 5.41) is 7.99. The highest BCUT2D eigenvalue weighted by atomic mass is 32.2. The average Bonchev–Trinajstić information content (AvgIpc) is 3.31. The zero-order chi connectivity index (χ0) is 22.7. The van der Waals surface area contributed by atoms with Crippen molar-refractivity contribution >= 4 is 16.0 Å². The number of benzene rings is 2. The van der Waals surface area contributed by atoms with Crippen LogP contribution < -0.4 is 0 Å². The molecule has 0 N–H and O–H groups in total. The highest BCUT2D eigenvalue weighted by molar-refractivity contribution is 7.89. The van der Waals surface area contributed by atoms with Crippen molar-refractivity contribution in [1.82, 2.24) is 14.5 Å². The Bertz CT molecular complexity index is 1200. The van der Waals surface area contributed by atoms with Crippen molar-refractivity contribution in [2.45, 2.75) is 44.1 Å². The summed E-state index contributed by atoms with van der Waals surface area (Å²) in [4.78, 5) is 13.0. The first-order valence-electron chi connectivity index (χ1n) is 10.6. The summed E-state index contributed by atoms with van der Waals surface area (Å²) in [6.07, 6.45) is 1.91. The summed E-state index contributed by atoms with van der Waals surface area (Å²) in [7, 11) is -3.66. The summed E-state index contributed by atoms with van der Waals surface area (Å²) in [5.74, 6) is -0.161. The van der Waals surface area contributed by atoms with E-state index < -0.39 is 22.1 Å². The van der Waals surface area contributed by atoms with Crippen LogP contribution in [0.4, 0.5) is 0 Å². The van der Waals surface area contributed by atoms with Crippen molar-refractivity contribution < 1.29 is 22.4 Å². The van der Waals surface area contributed by atoms with E-state index in [-0.39, 0.29) is 16.3 Å². The molecule has 0 aliphatic carbocycles. The zero-order valence-corrected chi connectivity index (χ0v) is 18.8. The quantitative estimate of drug-likeness (QED) is 0.515. The number of rotatable bonds is 6. The highest BCUT2D eigenvalue weighted by Crippen LogP contribution is 2.26. The van der Waals surface area contributed by atoms with Crippen LogP contribution in [0.3, 0.4) is 0 Å². The Morgan fingerprint density at radius 2 is 1.78 bits per heavy atom. The predicted molar refractivity (Wildman–Crippen MR) is 117 cm³/mol. The normalized spacial score (nSPS) is 15.9. The Labute approximate surface area is 187 Å². The van der Waals surface area contributed by atoms with Crippen molar-refractivity contribution in [1.29, 1.82) is 0 Å². The average molecular weight is 456 g/mol. The summed E-state index contributed by atoms with van der Waals surface area (Å²) >= 11 is 0. The van der Waals surface area contributed by atoms with Crippen molar-refractivity contribution in [3.05, 3.63) is 65.5 Å². The van der Waals surface area contributed by atoms with Crippen molar-refractivity contribution in [2.24, 2.45) is 0 Å². The number of hydrogen-bond donors (Lipinski definition) is 0. The minimum absolute atomic E-state index is 0.0914. The van der Waals surface area contributed by atoms with Crippen molar-refractivity contribution in [3.63, 3.8) is 0 Å². The molecule has 1 atom stereocenters. The van der Waals surface area contributed by atoms with Crippen molar-refractivity contribution in [3.8, 4) is 11.5 Å². The van der Waals surface area contributed by atoms with Crippen LogP contribution in [0.25, 0.3) is 11.5 Å². The van der Waals surface area contributed by atoms with E-state index in [2.05, 4.69) is 10.2 Å². The molecular formula is C23H25N3O5S. The molecule has 0 saturated carbocycles. The monoisotopic (exact) mass is 455 g/mol. The number of piperidine rings is 1. The van der Waals surface area contributed by atoms with Crippen LogP contribution in [-0.4, -0.2) is 42.0 Å². The van der Waals surface area contributed by atoms with E-state index in [0.29, 0.717) is 24.5 Å². The molecule has 2 aromatic carbocycles. The molecule has 1 aliphatic rings. The number of carbonyl (C=O) groups is 1. The van der Waals surface area contributed by atoms with Crippen LogP contribution in [0.5, 0.6) is 0 Å². The van der Waals surface area contributed by atoms with E-state index in [1.54, 1.807) is 19.9 Å². The molecule has 1 aromatic heterocycles. The molecule has 1 fully saturated rings. The van der Waals surface area contributed by atoms with Gasteiger partial charge in [0.15, 0.2) is 6.10 Å². The van der Waals surface area contributed by atoms with Gasteiger partial charge in [-0.25, -0.2) is 13.2 Å². The third-order valence-corrected chi connectivity index (χ3v) is 7.37. The number of carbonyl (C=O) groups excluding carboxylic acids is 1. The van der Waals surface area contributed by atoms with E-state index in [1.165, 1.54) is 16.4 Å². The topological polar surface area (TPSA) is 103 Å². The van der Waals surface area contributed by atoms with Gasteiger partial charge in [0, 0.05) is 18.7 Å². The molecule has 1 saturated heterocycles. The van der Waals surface area contributed by atoms with Gasteiger partial charge in [-0.1, -0.05) is 30.7 Å². The molecule has 9 heteroatoms. The molecule has 1 aliphatic heterocycles. The summed E-state index contributed by atoms with van der Waals surface area (Å²) in [6.45, 7) is 4.35. The molecule has 0 spiro atoms. The Morgan fingerprint density at radius 3 is 2.50 bits per heavy atom. The lowest BCUT2D eigenvalue weighted by atomic mass is 10.1. The van der Waals surface area contributed by atoms with Gasteiger partial charge in [-0.15, -0.1) is 10.2 Å². The molecule has 168 valence electrons. The first-order valence-corrected chi connectivity index (χ1v) is 12.0. The van der Waals surface area contributed by atoms with Crippen LogP contribution in [-0.2, 0) is 14.8 Å². The van der Waals surface area contributed by atoms with Crippen LogP contribution >= 0.6 is 0 Å². The number of ether oxygens (including phenoxy) is 1. The maximum atomic E-state index is 13.0. The molecule has 32 heavy (non-hydrogen) atoms. The Hall–Kier alpha value is -3.04. The van der Waals surface area contributed by atoms with Gasteiger partial charge < -0.3 is 9.15 Å². The fraction of sp³-hybridized carbons (Fsp3) is 0.348. The lowest BCUT2D eigenvalue weighted by molar-refractivity contribution is 0.0278. The predicted octanol–water partition coefficient (Wildman–Crippen LogP) is 4.14.